The fourth-order valence-corrected chi connectivity index (χ4v) is 1.17. The van der Waals surface area contributed by atoms with E-state index >= 15 is 0 Å². The van der Waals surface area contributed by atoms with Crippen molar-refractivity contribution in [3.05, 3.63) is 35.4 Å². The highest BCUT2D eigenvalue weighted by molar-refractivity contribution is 5.97. The number of aliphatic carboxylic acids is 1. The van der Waals surface area contributed by atoms with Gasteiger partial charge < -0.3 is 5.11 Å². The third-order valence-corrected chi connectivity index (χ3v) is 2.31. The summed E-state index contributed by atoms with van der Waals surface area (Å²) < 4.78 is 0. The molecule has 0 aliphatic rings. The Kier molecular flexibility index (Phi) is 4.19. The van der Waals surface area contributed by atoms with Crippen LogP contribution in [-0.4, -0.2) is 29.4 Å². The maximum Gasteiger partial charge on any atom is 0.320 e. The van der Waals surface area contributed by atoms with Crippen LogP contribution in [0.15, 0.2) is 24.3 Å². The van der Waals surface area contributed by atoms with E-state index in [0.29, 0.717) is 5.56 Å². The summed E-state index contributed by atoms with van der Waals surface area (Å²) in [4.78, 5) is 22.1. The second kappa shape index (κ2) is 5.42. The minimum atomic E-state index is -0.961. The van der Waals surface area contributed by atoms with Gasteiger partial charge in [-0.2, -0.15) is 0 Å². The molecule has 86 valence electrons. The second-order valence-electron chi connectivity index (χ2n) is 3.73. The van der Waals surface area contributed by atoms with Crippen LogP contribution in [0, 0.1) is 6.92 Å². The molecule has 0 amide bonds. The van der Waals surface area contributed by atoms with Gasteiger partial charge in [0.25, 0.3) is 0 Å². The number of aryl methyl sites for hydroxylation is 1. The number of rotatable bonds is 5. The van der Waals surface area contributed by atoms with Crippen molar-refractivity contribution in [3.8, 4) is 0 Å². The molecule has 4 nitrogen and oxygen atoms in total. The molecule has 0 radical (unpaired) electrons. The number of benzene rings is 1. The van der Waals surface area contributed by atoms with Gasteiger partial charge in [-0.05, 0) is 13.8 Å². The molecule has 0 bridgehead atoms. The molecule has 4 heteroatoms. The average Bonchev–Trinajstić information content (AvgIpc) is 2.26. The first kappa shape index (κ1) is 12.4. The minimum Gasteiger partial charge on any atom is -0.480 e. The molecule has 0 unspecified atom stereocenters. The summed E-state index contributed by atoms with van der Waals surface area (Å²) in [6.07, 6.45) is 0. The van der Waals surface area contributed by atoms with E-state index in [1.54, 1.807) is 12.1 Å². The van der Waals surface area contributed by atoms with Gasteiger partial charge in [0.1, 0.15) is 6.04 Å². The van der Waals surface area contributed by atoms with Crippen LogP contribution in [0.3, 0.4) is 0 Å². The van der Waals surface area contributed by atoms with Crippen molar-refractivity contribution in [2.24, 2.45) is 0 Å². The molecule has 0 aliphatic carbocycles. The molecule has 0 aromatic heterocycles. The molecular weight excluding hydrogens is 206 g/mol. The monoisotopic (exact) mass is 221 g/mol. The fraction of sp³-hybridized carbons (Fsp3) is 0.333. The molecule has 1 aromatic carbocycles. The molecule has 16 heavy (non-hydrogen) atoms. The van der Waals surface area contributed by atoms with Crippen LogP contribution in [0.2, 0.25) is 0 Å². The van der Waals surface area contributed by atoms with Gasteiger partial charge in [0.2, 0.25) is 0 Å². The van der Waals surface area contributed by atoms with Crippen molar-refractivity contribution >= 4 is 11.8 Å². The number of hydrogen-bond donors (Lipinski definition) is 2. The van der Waals surface area contributed by atoms with Crippen molar-refractivity contribution in [1.82, 2.24) is 5.32 Å². The predicted octanol–water partition coefficient (Wildman–Crippen LogP) is 1.24. The molecule has 0 saturated heterocycles. The highest BCUT2D eigenvalue weighted by Crippen LogP contribution is 2.03. The van der Waals surface area contributed by atoms with Crippen LogP contribution >= 0.6 is 0 Å². The van der Waals surface area contributed by atoms with Crippen molar-refractivity contribution in [1.29, 1.82) is 0 Å². The maximum absolute atomic E-state index is 11.6. The zero-order valence-corrected chi connectivity index (χ0v) is 9.36. The van der Waals surface area contributed by atoms with E-state index in [2.05, 4.69) is 5.32 Å². The molecule has 1 rings (SSSR count). The lowest BCUT2D eigenvalue weighted by Crippen LogP contribution is -2.37. The number of ketones is 1. The Morgan fingerprint density at radius 2 is 1.88 bits per heavy atom. The summed E-state index contributed by atoms with van der Waals surface area (Å²) in [6, 6.07) is 6.48. The van der Waals surface area contributed by atoms with Gasteiger partial charge in [-0.1, -0.05) is 29.8 Å². The molecule has 0 spiro atoms. The van der Waals surface area contributed by atoms with Crippen LogP contribution in [0.25, 0.3) is 0 Å². The summed E-state index contributed by atoms with van der Waals surface area (Å²) in [5.41, 5.74) is 1.68. The second-order valence-corrected chi connectivity index (χ2v) is 3.73. The molecule has 1 atom stereocenters. The van der Waals surface area contributed by atoms with E-state index in [0.717, 1.165) is 5.56 Å². The van der Waals surface area contributed by atoms with E-state index in [-0.39, 0.29) is 12.3 Å². The van der Waals surface area contributed by atoms with Crippen LogP contribution in [0.1, 0.15) is 22.8 Å². The zero-order chi connectivity index (χ0) is 12.1. The summed E-state index contributed by atoms with van der Waals surface area (Å²) in [5, 5.41) is 11.3. The van der Waals surface area contributed by atoms with Crippen molar-refractivity contribution < 1.29 is 14.7 Å². The number of hydrogen-bond acceptors (Lipinski definition) is 3. The highest BCUT2D eigenvalue weighted by atomic mass is 16.4. The van der Waals surface area contributed by atoms with E-state index in [1.165, 1.54) is 6.92 Å². The number of carboxylic acids is 1. The van der Waals surface area contributed by atoms with Crippen LogP contribution in [0.5, 0.6) is 0 Å². The van der Waals surface area contributed by atoms with E-state index in [4.69, 9.17) is 5.11 Å². The van der Waals surface area contributed by atoms with Gasteiger partial charge in [-0.3, -0.25) is 14.9 Å². The summed E-state index contributed by atoms with van der Waals surface area (Å²) in [5.74, 6) is -1.06. The summed E-state index contributed by atoms with van der Waals surface area (Å²) >= 11 is 0. The molecule has 0 saturated carbocycles. The normalized spacial score (nSPS) is 12.1. The van der Waals surface area contributed by atoms with E-state index in [1.807, 2.05) is 19.1 Å². The molecular formula is C12H15NO3. The van der Waals surface area contributed by atoms with Crippen LogP contribution in [-0.2, 0) is 4.79 Å². The SMILES string of the molecule is Cc1ccc(C(=O)CN[C@H](C)C(=O)O)cc1. The smallest absolute Gasteiger partial charge is 0.320 e. The van der Waals surface area contributed by atoms with Crippen molar-refractivity contribution in [3.63, 3.8) is 0 Å². The van der Waals surface area contributed by atoms with E-state index in [9.17, 15) is 9.59 Å². The molecule has 0 fully saturated rings. The maximum atomic E-state index is 11.6. The quantitative estimate of drug-likeness (QED) is 0.734. The van der Waals surface area contributed by atoms with Crippen molar-refractivity contribution in [2.75, 3.05) is 6.54 Å². The number of carbonyl (C=O) groups is 2. The Morgan fingerprint density at radius 3 is 2.38 bits per heavy atom. The number of carboxylic acid groups (broad SMARTS) is 1. The lowest BCUT2D eigenvalue weighted by molar-refractivity contribution is -0.138. The fourth-order valence-electron chi connectivity index (χ4n) is 1.17. The average molecular weight is 221 g/mol. The van der Waals surface area contributed by atoms with Gasteiger partial charge >= 0.3 is 5.97 Å². The third-order valence-electron chi connectivity index (χ3n) is 2.31. The number of Topliss-reactive ketones (excluding diaryl/α,β-unsaturated/α-hetero) is 1. The first-order chi connectivity index (χ1) is 7.50. The topological polar surface area (TPSA) is 66.4 Å². The lowest BCUT2D eigenvalue weighted by atomic mass is 10.1. The number of nitrogens with one attached hydrogen (secondary N) is 1. The van der Waals surface area contributed by atoms with Gasteiger partial charge in [0.05, 0.1) is 6.54 Å². The summed E-state index contributed by atoms with van der Waals surface area (Å²) in [7, 11) is 0. The van der Waals surface area contributed by atoms with Gasteiger partial charge in [-0.25, -0.2) is 0 Å². The molecule has 0 aliphatic heterocycles. The molecule has 0 heterocycles. The Labute approximate surface area is 94.3 Å². The van der Waals surface area contributed by atoms with Gasteiger partial charge in [-0.15, -0.1) is 0 Å². The number of carbonyl (C=O) groups excluding carboxylic acids is 1. The standard InChI is InChI=1S/C12H15NO3/c1-8-3-5-10(6-4-8)11(14)7-13-9(2)12(15)16/h3-6,9,13H,7H2,1-2H3,(H,15,16)/t9-/m1/s1. The minimum absolute atomic E-state index is 0.0382. The summed E-state index contributed by atoms with van der Waals surface area (Å²) in [6.45, 7) is 3.49. The Balaban J connectivity index is 2.53. The largest absolute Gasteiger partial charge is 0.480 e. The third kappa shape index (κ3) is 3.47. The van der Waals surface area contributed by atoms with Crippen LogP contribution < -0.4 is 5.32 Å². The Hall–Kier alpha value is -1.68. The Morgan fingerprint density at radius 1 is 1.31 bits per heavy atom. The van der Waals surface area contributed by atoms with E-state index < -0.39 is 12.0 Å². The Bertz CT molecular complexity index is 384. The predicted molar refractivity (Wildman–Crippen MR) is 60.6 cm³/mol. The lowest BCUT2D eigenvalue weighted by Gasteiger charge is -2.08. The first-order valence-corrected chi connectivity index (χ1v) is 5.07. The zero-order valence-electron chi connectivity index (χ0n) is 9.36. The first-order valence-electron chi connectivity index (χ1n) is 5.07. The molecule has 1 aromatic rings. The highest BCUT2D eigenvalue weighted by Gasteiger charge is 2.12. The molecule has 2 N–H and O–H groups in total. The van der Waals surface area contributed by atoms with Gasteiger partial charge in [0.15, 0.2) is 5.78 Å². The van der Waals surface area contributed by atoms with Crippen molar-refractivity contribution in [2.45, 2.75) is 19.9 Å². The van der Waals surface area contributed by atoms with Gasteiger partial charge in [0, 0.05) is 5.56 Å². The van der Waals surface area contributed by atoms with Crippen LogP contribution in [0.4, 0.5) is 0 Å².